The van der Waals surface area contributed by atoms with Crippen LogP contribution in [0, 0.1) is 0 Å². The van der Waals surface area contributed by atoms with Crippen LogP contribution in [0.2, 0.25) is 0 Å². The maximum atomic E-state index is 12.2. The summed E-state index contributed by atoms with van der Waals surface area (Å²) in [6, 6.07) is 0. The van der Waals surface area contributed by atoms with E-state index in [1.165, 1.54) is 4.90 Å². The molecule has 0 aromatic heterocycles. The molecule has 1 unspecified atom stereocenters. The molecule has 4 nitrogen and oxygen atoms in total. The fraction of sp³-hybridized carbons (Fsp3) is 0.900. The van der Waals surface area contributed by atoms with E-state index < -0.39 is 24.0 Å². The number of ether oxygens (including phenoxy) is 2. The largest absolute Gasteiger partial charge is 0.397 e. The predicted octanol–water partition coefficient (Wildman–Crippen LogP) is 0.957. The Morgan fingerprint density at radius 3 is 2.47 bits per heavy atom. The maximum absolute atomic E-state index is 12.2. The van der Waals surface area contributed by atoms with Gasteiger partial charge >= 0.3 is 6.18 Å². The lowest BCUT2D eigenvalue weighted by Gasteiger charge is -2.43. The third-order valence-corrected chi connectivity index (χ3v) is 3.14. The van der Waals surface area contributed by atoms with Crippen molar-refractivity contribution in [3.63, 3.8) is 0 Å². The maximum Gasteiger partial charge on any atom is 0.397 e. The molecule has 2 heterocycles. The second-order valence-electron chi connectivity index (χ2n) is 4.42. The molecule has 2 aliphatic heterocycles. The number of morpholine rings is 1. The highest BCUT2D eigenvalue weighted by Gasteiger charge is 2.47. The quantitative estimate of drug-likeness (QED) is 0.698. The molecule has 7 heteroatoms. The Hall–Kier alpha value is -0.820. The second kappa shape index (κ2) is 4.45. The van der Waals surface area contributed by atoms with Crippen LogP contribution in [-0.4, -0.2) is 55.5 Å². The molecule has 0 radical (unpaired) electrons. The van der Waals surface area contributed by atoms with E-state index in [4.69, 9.17) is 9.47 Å². The van der Waals surface area contributed by atoms with Crippen LogP contribution in [-0.2, 0) is 14.3 Å². The lowest BCUT2D eigenvalue weighted by Crippen LogP contribution is -2.60. The van der Waals surface area contributed by atoms with Gasteiger partial charge in [0, 0.05) is 13.2 Å². The summed E-state index contributed by atoms with van der Waals surface area (Å²) < 4.78 is 47.1. The summed E-state index contributed by atoms with van der Waals surface area (Å²) in [7, 11) is 0. The minimum absolute atomic E-state index is 0.207. The topological polar surface area (TPSA) is 38.8 Å². The van der Waals surface area contributed by atoms with Crippen LogP contribution in [0.4, 0.5) is 13.2 Å². The first-order valence-corrected chi connectivity index (χ1v) is 5.46. The van der Waals surface area contributed by atoms with Crippen molar-refractivity contribution >= 4 is 5.91 Å². The van der Waals surface area contributed by atoms with Gasteiger partial charge in [-0.3, -0.25) is 4.79 Å². The van der Waals surface area contributed by atoms with Crippen LogP contribution < -0.4 is 0 Å². The molecule has 0 N–H and O–H groups in total. The van der Waals surface area contributed by atoms with Crippen molar-refractivity contribution in [3.8, 4) is 0 Å². The van der Waals surface area contributed by atoms with Crippen LogP contribution in [0.5, 0.6) is 0 Å². The monoisotopic (exact) mass is 253 g/mol. The van der Waals surface area contributed by atoms with Crippen LogP contribution in [0.25, 0.3) is 0 Å². The molecular formula is C10H14F3NO3. The first-order valence-electron chi connectivity index (χ1n) is 5.46. The third-order valence-electron chi connectivity index (χ3n) is 3.14. The molecule has 2 aliphatic rings. The minimum Gasteiger partial charge on any atom is -0.379 e. The molecule has 0 aromatic carbocycles. The van der Waals surface area contributed by atoms with E-state index in [1.54, 1.807) is 0 Å². The predicted molar refractivity (Wildman–Crippen MR) is 51.4 cm³/mol. The standard InChI is InChI=1S/C10H14F3NO3/c11-10(12,13)5-8(15)14-2-4-17-7-9(14)1-3-16-6-9/h1-7H2. The summed E-state index contributed by atoms with van der Waals surface area (Å²) in [5, 5.41) is 0. The smallest absolute Gasteiger partial charge is 0.379 e. The fourth-order valence-electron chi connectivity index (χ4n) is 2.31. The number of rotatable bonds is 1. The number of alkyl halides is 3. The van der Waals surface area contributed by atoms with Crippen LogP contribution in [0.1, 0.15) is 12.8 Å². The van der Waals surface area contributed by atoms with E-state index in [-0.39, 0.29) is 26.4 Å². The lowest BCUT2D eigenvalue weighted by molar-refractivity contribution is -0.173. The Balaban J connectivity index is 2.08. The molecule has 2 saturated heterocycles. The van der Waals surface area contributed by atoms with E-state index in [9.17, 15) is 18.0 Å². The molecule has 0 aromatic rings. The van der Waals surface area contributed by atoms with E-state index >= 15 is 0 Å². The zero-order valence-corrected chi connectivity index (χ0v) is 9.26. The number of carbonyl (C=O) groups is 1. The summed E-state index contributed by atoms with van der Waals surface area (Å²) in [6.07, 6.45) is -5.33. The Labute approximate surface area is 96.7 Å². The van der Waals surface area contributed by atoms with E-state index in [1.807, 2.05) is 0 Å². The number of nitrogens with zero attached hydrogens (tertiary/aromatic N) is 1. The van der Waals surface area contributed by atoms with Crippen LogP contribution in [0.15, 0.2) is 0 Å². The Bertz CT molecular complexity index is 300. The summed E-state index contributed by atoms with van der Waals surface area (Å²) in [6.45, 7) is 1.47. The summed E-state index contributed by atoms with van der Waals surface area (Å²) >= 11 is 0. The van der Waals surface area contributed by atoms with Crippen molar-refractivity contribution < 1.29 is 27.4 Å². The van der Waals surface area contributed by atoms with Gasteiger partial charge in [-0.2, -0.15) is 13.2 Å². The summed E-state index contributed by atoms with van der Waals surface area (Å²) in [4.78, 5) is 13.0. The lowest BCUT2D eigenvalue weighted by atomic mass is 9.95. The SMILES string of the molecule is O=C(CC(F)(F)F)N1CCOCC12CCOC2. The summed E-state index contributed by atoms with van der Waals surface area (Å²) in [5.74, 6) is -0.883. The molecule has 98 valence electrons. The van der Waals surface area contributed by atoms with Crippen LogP contribution in [0.3, 0.4) is 0 Å². The molecule has 1 spiro atoms. The van der Waals surface area contributed by atoms with Gasteiger partial charge in [0.25, 0.3) is 0 Å². The average Bonchev–Trinajstić information content (AvgIpc) is 2.65. The van der Waals surface area contributed by atoms with Crippen molar-refractivity contribution in [1.29, 1.82) is 0 Å². The van der Waals surface area contributed by atoms with Gasteiger partial charge in [-0.05, 0) is 6.42 Å². The van der Waals surface area contributed by atoms with Crippen molar-refractivity contribution in [2.24, 2.45) is 0 Å². The fourth-order valence-corrected chi connectivity index (χ4v) is 2.31. The first-order chi connectivity index (χ1) is 7.93. The van der Waals surface area contributed by atoms with Crippen LogP contribution >= 0.6 is 0 Å². The molecule has 0 saturated carbocycles. The highest BCUT2D eigenvalue weighted by Crippen LogP contribution is 2.31. The van der Waals surface area contributed by atoms with Gasteiger partial charge < -0.3 is 14.4 Å². The van der Waals surface area contributed by atoms with E-state index in [0.717, 1.165) is 0 Å². The van der Waals surface area contributed by atoms with Gasteiger partial charge in [-0.15, -0.1) is 0 Å². The van der Waals surface area contributed by atoms with E-state index in [2.05, 4.69) is 0 Å². The zero-order valence-electron chi connectivity index (χ0n) is 9.26. The number of hydrogen-bond donors (Lipinski definition) is 0. The van der Waals surface area contributed by atoms with Crippen molar-refractivity contribution in [2.75, 3.05) is 33.0 Å². The van der Waals surface area contributed by atoms with Gasteiger partial charge in [0.2, 0.25) is 5.91 Å². The van der Waals surface area contributed by atoms with Gasteiger partial charge in [-0.1, -0.05) is 0 Å². The van der Waals surface area contributed by atoms with Gasteiger partial charge in [-0.25, -0.2) is 0 Å². The molecule has 2 rings (SSSR count). The average molecular weight is 253 g/mol. The van der Waals surface area contributed by atoms with Gasteiger partial charge in [0.1, 0.15) is 6.42 Å². The third kappa shape index (κ3) is 2.71. The Kier molecular flexibility index (Phi) is 3.31. The minimum atomic E-state index is -4.46. The number of hydrogen-bond acceptors (Lipinski definition) is 3. The van der Waals surface area contributed by atoms with Crippen molar-refractivity contribution in [1.82, 2.24) is 4.90 Å². The Morgan fingerprint density at radius 2 is 1.88 bits per heavy atom. The van der Waals surface area contributed by atoms with E-state index in [0.29, 0.717) is 13.0 Å². The molecule has 1 amide bonds. The normalized spacial score (nSPS) is 29.9. The molecular weight excluding hydrogens is 239 g/mol. The van der Waals surface area contributed by atoms with Crippen molar-refractivity contribution in [3.05, 3.63) is 0 Å². The van der Waals surface area contributed by atoms with Crippen molar-refractivity contribution in [2.45, 2.75) is 24.6 Å². The van der Waals surface area contributed by atoms with Gasteiger partial charge in [0.15, 0.2) is 0 Å². The van der Waals surface area contributed by atoms with Gasteiger partial charge in [0.05, 0.1) is 25.4 Å². The second-order valence-corrected chi connectivity index (χ2v) is 4.42. The molecule has 0 aliphatic carbocycles. The Morgan fingerprint density at radius 1 is 1.24 bits per heavy atom. The molecule has 0 bridgehead atoms. The zero-order chi connectivity index (χ0) is 12.5. The molecule has 2 fully saturated rings. The highest BCUT2D eigenvalue weighted by molar-refractivity contribution is 5.78. The number of carbonyl (C=O) groups excluding carboxylic acids is 1. The molecule has 17 heavy (non-hydrogen) atoms. The number of amides is 1. The molecule has 1 atom stereocenters. The first kappa shape index (κ1) is 12.6. The highest BCUT2D eigenvalue weighted by atomic mass is 19.4. The number of halogens is 3. The summed E-state index contributed by atoms with van der Waals surface area (Å²) in [5.41, 5.74) is -0.680.